The van der Waals surface area contributed by atoms with Crippen LogP contribution in [0.25, 0.3) is 0 Å². The normalized spacial score (nSPS) is 10.2. The van der Waals surface area contributed by atoms with Crippen LogP contribution >= 0.6 is 35.0 Å². The Morgan fingerprint density at radius 1 is 1.35 bits per heavy atom. The number of rotatable bonds is 5. The molecule has 1 N–H and O–H groups in total. The Balaban J connectivity index is 1.95. The number of ether oxygens (including phenoxy) is 1. The summed E-state index contributed by atoms with van der Waals surface area (Å²) in [7, 11) is 0. The summed E-state index contributed by atoms with van der Waals surface area (Å²) < 4.78 is 4.97. The fraction of sp³-hybridized carbons (Fsp3) is 0.143. The van der Waals surface area contributed by atoms with Crippen LogP contribution in [0.1, 0.15) is 10.4 Å². The first-order valence-electron chi connectivity index (χ1n) is 6.28. The maximum Gasteiger partial charge on any atom is 0.341 e. The Morgan fingerprint density at radius 2 is 2.13 bits per heavy atom. The average Bonchev–Trinajstić information content (AvgIpc) is 2.55. The van der Waals surface area contributed by atoms with E-state index in [2.05, 4.69) is 15.3 Å². The van der Waals surface area contributed by atoms with Gasteiger partial charge >= 0.3 is 5.97 Å². The van der Waals surface area contributed by atoms with E-state index in [9.17, 15) is 9.59 Å². The van der Waals surface area contributed by atoms with Crippen molar-refractivity contribution in [3.05, 3.63) is 46.2 Å². The predicted octanol–water partition coefficient (Wildman–Crippen LogP) is 3.30. The van der Waals surface area contributed by atoms with Gasteiger partial charge < -0.3 is 10.1 Å². The van der Waals surface area contributed by atoms with Crippen LogP contribution in [0.3, 0.4) is 0 Å². The van der Waals surface area contributed by atoms with E-state index in [1.807, 2.05) is 0 Å². The van der Waals surface area contributed by atoms with Crippen LogP contribution < -0.4 is 5.32 Å². The number of anilines is 1. The van der Waals surface area contributed by atoms with Crippen molar-refractivity contribution in [3.8, 4) is 0 Å². The topological polar surface area (TPSA) is 81.2 Å². The summed E-state index contributed by atoms with van der Waals surface area (Å²) in [6, 6.07) is 4.64. The van der Waals surface area contributed by atoms with Crippen molar-refractivity contribution >= 4 is 52.7 Å². The molecule has 0 aromatic carbocycles. The molecule has 0 atom stereocenters. The van der Waals surface area contributed by atoms with Gasteiger partial charge in [0.25, 0.3) is 5.91 Å². The van der Waals surface area contributed by atoms with E-state index in [0.29, 0.717) is 15.6 Å². The number of halogens is 2. The molecule has 0 aliphatic rings. The smallest absolute Gasteiger partial charge is 0.341 e. The van der Waals surface area contributed by atoms with Crippen molar-refractivity contribution in [2.45, 2.75) is 5.03 Å². The van der Waals surface area contributed by atoms with Gasteiger partial charge in [-0.3, -0.25) is 4.79 Å². The van der Waals surface area contributed by atoms with Crippen molar-refractivity contribution < 1.29 is 14.3 Å². The molecule has 2 heterocycles. The lowest BCUT2D eigenvalue weighted by atomic mass is 10.3. The number of nitrogens with zero attached hydrogens (tertiary/aromatic N) is 2. The van der Waals surface area contributed by atoms with Crippen LogP contribution in [-0.2, 0) is 9.53 Å². The number of carbonyl (C=O) groups excluding carboxylic acids is 2. The van der Waals surface area contributed by atoms with Crippen LogP contribution in [0.4, 0.5) is 5.82 Å². The molecule has 0 aliphatic heterocycles. The molecule has 6 nitrogen and oxygen atoms in total. The van der Waals surface area contributed by atoms with E-state index in [-0.39, 0.29) is 10.8 Å². The van der Waals surface area contributed by atoms with E-state index in [1.165, 1.54) is 24.0 Å². The highest BCUT2D eigenvalue weighted by molar-refractivity contribution is 7.98. The zero-order valence-electron chi connectivity index (χ0n) is 11.9. The SMILES string of the molecule is CSc1ncccc1C(=O)OCC(=O)Nc1ncc(Cl)cc1Cl. The summed E-state index contributed by atoms with van der Waals surface area (Å²) in [5, 5.41) is 3.50. The second-order valence-corrected chi connectivity index (χ2v) is 5.81. The zero-order chi connectivity index (χ0) is 16.8. The molecule has 0 unspecified atom stereocenters. The molecule has 0 fully saturated rings. The van der Waals surface area contributed by atoms with Gasteiger partial charge in [0.1, 0.15) is 5.03 Å². The van der Waals surface area contributed by atoms with E-state index in [0.717, 1.165) is 0 Å². The quantitative estimate of drug-likeness (QED) is 0.641. The summed E-state index contributed by atoms with van der Waals surface area (Å²) >= 11 is 12.9. The van der Waals surface area contributed by atoms with Crippen LogP contribution in [0.15, 0.2) is 35.6 Å². The van der Waals surface area contributed by atoms with Crippen molar-refractivity contribution in [3.63, 3.8) is 0 Å². The first-order valence-corrected chi connectivity index (χ1v) is 8.26. The van der Waals surface area contributed by atoms with E-state index in [1.54, 1.807) is 24.6 Å². The molecule has 120 valence electrons. The molecule has 9 heteroatoms. The molecule has 2 aromatic rings. The second-order valence-electron chi connectivity index (χ2n) is 4.17. The Kier molecular flexibility index (Phi) is 6.20. The van der Waals surface area contributed by atoms with Crippen molar-refractivity contribution in [2.24, 2.45) is 0 Å². The number of hydrogen-bond acceptors (Lipinski definition) is 6. The standard InChI is InChI=1S/C14H11Cl2N3O3S/c1-23-13-9(3-2-4-17-13)14(21)22-7-11(20)19-12-10(16)5-8(15)6-18-12/h2-6H,7H2,1H3,(H,18,19,20). The van der Waals surface area contributed by atoms with Gasteiger partial charge in [0.15, 0.2) is 12.4 Å². The van der Waals surface area contributed by atoms with Gasteiger partial charge in [0.05, 0.1) is 15.6 Å². The summed E-state index contributed by atoms with van der Waals surface area (Å²) in [6.07, 6.45) is 4.71. The summed E-state index contributed by atoms with van der Waals surface area (Å²) in [5.74, 6) is -1.05. The largest absolute Gasteiger partial charge is 0.452 e. The van der Waals surface area contributed by atoms with Crippen molar-refractivity contribution in [2.75, 3.05) is 18.2 Å². The molecule has 0 radical (unpaired) electrons. The third kappa shape index (κ3) is 4.82. The highest BCUT2D eigenvalue weighted by Crippen LogP contribution is 2.22. The number of amides is 1. The van der Waals surface area contributed by atoms with E-state index >= 15 is 0 Å². The fourth-order valence-corrected chi connectivity index (χ4v) is 2.56. The van der Waals surface area contributed by atoms with Crippen LogP contribution in [0.5, 0.6) is 0 Å². The van der Waals surface area contributed by atoms with E-state index in [4.69, 9.17) is 27.9 Å². The molecule has 0 aliphatic carbocycles. The van der Waals surface area contributed by atoms with Crippen molar-refractivity contribution in [1.82, 2.24) is 9.97 Å². The van der Waals surface area contributed by atoms with Crippen molar-refractivity contribution in [1.29, 1.82) is 0 Å². The van der Waals surface area contributed by atoms with Gasteiger partial charge in [-0.1, -0.05) is 23.2 Å². The number of pyridine rings is 2. The molecular weight excluding hydrogens is 361 g/mol. The molecule has 2 rings (SSSR count). The fourth-order valence-electron chi connectivity index (χ4n) is 1.59. The highest BCUT2D eigenvalue weighted by atomic mass is 35.5. The Morgan fingerprint density at radius 3 is 2.83 bits per heavy atom. The minimum Gasteiger partial charge on any atom is -0.452 e. The van der Waals surface area contributed by atoms with Gasteiger partial charge in [-0.2, -0.15) is 0 Å². The number of thioether (sulfide) groups is 1. The molecule has 1 amide bonds. The summed E-state index contributed by atoms with van der Waals surface area (Å²) in [6.45, 7) is -0.470. The number of nitrogens with one attached hydrogen (secondary N) is 1. The predicted molar refractivity (Wildman–Crippen MR) is 89.2 cm³/mol. The minimum absolute atomic E-state index is 0.142. The van der Waals surface area contributed by atoms with Crippen LogP contribution in [0.2, 0.25) is 10.0 Å². The summed E-state index contributed by atoms with van der Waals surface area (Å²) in [4.78, 5) is 31.7. The minimum atomic E-state index is -0.632. The maximum atomic E-state index is 12.0. The molecule has 23 heavy (non-hydrogen) atoms. The zero-order valence-corrected chi connectivity index (χ0v) is 14.2. The molecule has 0 bridgehead atoms. The van der Waals surface area contributed by atoms with Gasteiger partial charge in [-0.05, 0) is 24.5 Å². The number of carbonyl (C=O) groups is 2. The molecule has 0 saturated carbocycles. The Bertz CT molecular complexity index is 743. The highest BCUT2D eigenvalue weighted by Gasteiger charge is 2.15. The average molecular weight is 372 g/mol. The maximum absolute atomic E-state index is 12.0. The third-order valence-electron chi connectivity index (χ3n) is 2.58. The van der Waals surface area contributed by atoms with Gasteiger partial charge in [0, 0.05) is 12.4 Å². The Hall–Kier alpha value is -1.83. The lowest BCUT2D eigenvalue weighted by Crippen LogP contribution is -2.22. The second kappa shape index (κ2) is 8.14. The summed E-state index contributed by atoms with van der Waals surface area (Å²) in [5.41, 5.74) is 0.301. The lowest BCUT2D eigenvalue weighted by molar-refractivity contribution is -0.119. The molecule has 0 saturated heterocycles. The number of esters is 1. The first kappa shape index (κ1) is 17.5. The third-order valence-corrected chi connectivity index (χ3v) is 3.79. The van der Waals surface area contributed by atoms with Gasteiger partial charge in [0.2, 0.25) is 0 Å². The number of hydrogen-bond donors (Lipinski definition) is 1. The molecule has 2 aromatic heterocycles. The number of aromatic nitrogens is 2. The van der Waals surface area contributed by atoms with Crippen LogP contribution in [0, 0.1) is 0 Å². The monoisotopic (exact) mass is 371 g/mol. The van der Waals surface area contributed by atoms with Crippen LogP contribution in [-0.4, -0.2) is 34.7 Å². The van der Waals surface area contributed by atoms with Gasteiger partial charge in [-0.15, -0.1) is 11.8 Å². The Labute approximate surface area is 146 Å². The van der Waals surface area contributed by atoms with Gasteiger partial charge in [-0.25, -0.2) is 14.8 Å². The first-order chi connectivity index (χ1) is 11.0. The molecular formula is C14H11Cl2N3O3S. The molecule has 0 spiro atoms. The van der Waals surface area contributed by atoms with E-state index < -0.39 is 18.5 Å². The lowest BCUT2D eigenvalue weighted by Gasteiger charge is -2.08.